The summed E-state index contributed by atoms with van der Waals surface area (Å²) in [6.07, 6.45) is 3.67. The monoisotopic (exact) mass is 269 g/mol. The van der Waals surface area contributed by atoms with E-state index in [9.17, 15) is 4.79 Å². The van der Waals surface area contributed by atoms with E-state index in [0.717, 1.165) is 23.0 Å². The molecule has 0 aliphatic heterocycles. The third-order valence-electron chi connectivity index (χ3n) is 2.46. The van der Waals surface area contributed by atoms with Crippen molar-refractivity contribution in [3.8, 4) is 0 Å². The maximum Gasteiger partial charge on any atom is 0.232 e. The SMILES string of the molecule is Cc1nc(N(C)C(=O)C2CC2)ncc1Br. The first-order chi connectivity index (χ1) is 7.09. The Morgan fingerprint density at radius 1 is 1.60 bits per heavy atom. The molecule has 1 saturated carbocycles. The van der Waals surface area contributed by atoms with Crippen LogP contribution in [0.4, 0.5) is 5.95 Å². The Morgan fingerprint density at radius 2 is 2.27 bits per heavy atom. The van der Waals surface area contributed by atoms with Crippen LogP contribution >= 0.6 is 15.9 Å². The van der Waals surface area contributed by atoms with Crippen LogP contribution in [0.5, 0.6) is 0 Å². The van der Waals surface area contributed by atoms with Crippen LogP contribution in [0.3, 0.4) is 0 Å². The molecule has 0 N–H and O–H groups in total. The second-order valence-corrected chi connectivity index (χ2v) is 4.63. The number of aryl methyl sites for hydroxylation is 1. The zero-order valence-corrected chi connectivity index (χ0v) is 10.3. The van der Waals surface area contributed by atoms with Gasteiger partial charge in [-0.2, -0.15) is 0 Å². The molecule has 80 valence electrons. The van der Waals surface area contributed by atoms with Gasteiger partial charge in [0.15, 0.2) is 0 Å². The van der Waals surface area contributed by atoms with Gasteiger partial charge in [-0.25, -0.2) is 9.97 Å². The molecule has 1 aliphatic rings. The summed E-state index contributed by atoms with van der Waals surface area (Å²) in [6.45, 7) is 1.88. The summed E-state index contributed by atoms with van der Waals surface area (Å²) < 4.78 is 0.860. The first-order valence-electron chi connectivity index (χ1n) is 4.86. The fourth-order valence-electron chi connectivity index (χ4n) is 1.30. The fourth-order valence-corrected chi connectivity index (χ4v) is 1.50. The van der Waals surface area contributed by atoms with E-state index in [1.165, 1.54) is 4.90 Å². The van der Waals surface area contributed by atoms with Crippen molar-refractivity contribution in [2.75, 3.05) is 11.9 Å². The van der Waals surface area contributed by atoms with Crippen LogP contribution in [0.25, 0.3) is 0 Å². The smallest absolute Gasteiger partial charge is 0.232 e. The molecule has 1 aromatic heterocycles. The van der Waals surface area contributed by atoms with Gasteiger partial charge in [-0.05, 0) is 35.7 Å². The summed E-state index contributed by atoms with van der Waals surface area (Å²) in [5, 5.41) is 0. The van der Waals surface area contributed by atoms with Crippen LogP contribution in [0.2, 0.25) is 0 Å². The lowest BCUT2D eigenvalue weighted by Gasteiger charge is -2.15. The molecule has 0 radical (unpaired) electrons. The summed E-state index contributed by atoms with van der Waals surface area (Å²) in [5.74, 6) is 0.798. The number of carbonyl (C=O) groups excluding carboxylic acids is 1. The van der Waals surface area contributed by atoms with Gasteiger partial charge in [0.2, 0.25) is 11.9 Å². The molecule has 2 rings (SSSR count). The minimum absolute atomic E-state index is 0.122. The molecular formula is C10H12BrN3O. The predicted molar refractivity (Wildman–Crippen MR) is 60.6 cm³/mol. The molecular weight excluding hydrogens is 258 g/mol. The third kappa shape index (κ3) is 2.17. The van der Waals surface area contributed by atoms with Crippen molar-refractivity contribution in [1.29, 1.82) is 0 Å². The van der Waals surface area contributed by atoms with Gasteiger partial charge in [0.05, 0.1) is 10.2 Å². The zero-order chi connectivity index (χ0) is 11.0. The van der Waals surface area contributed by atoms with Crippen molar-refractivity contribution in [3.05, 3.63) is 16.4 Å². The van der Waals surface area contributed by atoms with Crippen LogP contribution < -0.4 is 4.90 Å². The van der Waals surface area contributed by atoms with Gasteiger partial charge in [0, 0.05) is 19.2 Å². The number of halogens is 1. The average molecular weight is 270 g/mol. The van der Waals surface area contributed by atoms with E-state index in [4.69, 9.17) is 0 Å². The molecule has 0 bridgehead atoms. The Kier molecular flexibility index (Phi) is 2.73. The average Bonchev–Trinajstić information content (AvgIpc) is 3.03. The molecule has 0 atom stereocenters. The number of hydrogen-bond acceptors (Lipinski definition) is 3. The van der Waals surface area contributed by atoms with Crippen molar-refractivity contribution in [2.45, 2.75) is 19.8 Å². The van der Waals surface area contributed by atoms with Gasteiger partial charge in [-0.3, -0.25) is 9.69 Å². The molecule has 1 heterocycles. The van der Waals surface area contributed by atoms with Gasteiger partial charge >= 0.3 is 0 Å². The highest BCUT2D eigenvalue weighted by Gasteiger charge is 2.33. The van der Waals surface area contributed by atoms with Gasteiger partial charge in [0.25, 0.3) is 0 Å². The third-order valence-corrected chi connectivity index (χ3v) is 3.24. The number of anilines is 1. The standard InChI is InChI=1S/C10H12BrN3O/c1-6-8(11)5-12-10(13-6)14(2)9(15)7-3-4-7/h5,7H,3-4H2,1-2H3. The van der Waals surface area contributed by atoms with E-state index in [-0.39, 0.29) is 11.8 Å². The maximum atomic E-state index is 11.7. The molecule has 0 unspecified atom stereocenters. The van der Waals surface area contributed by atoms with Crippen LogP contribution in [0.15, 0.2) is 10.7 Å². The summed E-state index contributed by atoms with van der Waals surface area (Å²) in [6, 6.07) is 0. The topological polar surface area (TPSA) is 46.1 Å². The van der Waals surface area contributed by atoms with Gasteiger partial charge in [-0.15, -0.1) is 0 Å². The van der Waals surface area contributed by atoms with Crippen LogP contribution in [-0.4, -0.2) is 22.9 Å². The Morgan fingerprint density at radius 3 is 2.80 bits per heavy atom. The second kappa shape index (κ2) is 3.89. The number of nitrogens with zero attached hydrogens (tertiary/aromatic N) is 3. The number of hydrogen-bond donors (Lipinski definition) is 0. The molecule has 1 fully saturated rings. The Hall–Kier alpha value is -0.970. The van der Waals surface area contributed by atoms with E-state index in [2.05, 4.69) is 25.9 Å². The first-order valence-corrected chi connectivity index (χ1v) is 5.65. The highest BCUT2D eigenvalue weighted by Crippen LogP contribution is 2.31. The number of aromatic nitrogens is 2. The molecule has 0 spiro atoms. The Bertz CT molecular complexity index is 404. The maximum absolute atomic E-state index is 11.7. The van der Waals surface area contributed by atoms with Gasteiger partial charge in [0.1, 0.15) is 0 Å². The normalized spacial score (nSPS) is 15.1. The van der Waals surface area contributed by atoms with Gasteiger partial charge < -0.3 is 0 Å². The first kappa shape index (κ1) is 10.5. The number of carbonyl (C=O) groups is 1. The largest absolute Gasteiger partial charge is 0.284 e. The van der Waals surface area contributed by atoms with E-state index < -0.39 is 0 Å². The molecule has 1 aliphatic carbocycles. The minimum atomic E-state index is 0.122. The molecule has 5 heteroatoms. The van der Waals surface area contributed by atoms with Crippen LogP contribution in [-0.2, 0) is 4.79 Å². The Labute approximate surface area is 96.8 Å². The number of rotatable bonds is 2. The van der Waals surface area contributed by atoms with E-state index in [0.29, 0.717) is 5.95 Å². The second-order valence-electron chi connectivity index (χ2n) is 3.77. The van der Waals surface area contributed by atoms with Crippen molar-refractivity contribution in [2.24, 2.45) is 5.92 Å². The van der Waals surface area contributed by atoms with Crippen molar-refractivity contribution in [3.63, 3.8) is 0 Å². The summed E-state index contributed by atoms with van der Waals surface area (Å²) >= 11 is 3.33. The van der Waals surface area contributed by atoms with Crippen LogP contribution in [0, 0.1) is 12.8 Å². The molecule has 0 saturated heterocycles. The molecule has 1 aromatic rings. The van der Waals surface area contributed by atoms with Crippen molar-refractivity contribution >= 4 is 27.8 Å². The molecule has 1 amide bonds. The van der Waals surface area contributed by atoms with Crippen LogP contribution in [0.1, 0.15) is 18.5 Å². The van der Waals surface area contributed by atoms with Gasteiger partial charge in [-0.1, -0.05) is 0 Å². The van der Waals surface area contributed by atoms with E-state index >= 15 is 0 Å². The highest BCUT2D eigenvalue weighted by atomic mass is 79.9. The molecule has 15 heavy (non-hydrogen) atoms. The quantitative estimate of drug-likeness (QED) is 0.824. The minimum Gasteiger partial charge on any atom is -0.284 e. The highest BCUT2D eigenvalue weighted by molar-refractivity contribution is 9.10. The van der Waals surface area contributed by atoms with E-state index in [1.54, 1.807) is 13.2 Å². The predicted octanol–water partition coefficient (Wildman–Crippen LogP) is 1.92. The molecule has 0 aromatic carbocycles. The van der Waals surface area contributed by atoms with Crippen molar-refractivity contribution < 1.29 is 4.79 Å². The lowest BCUT2D eigenvalue weighted by molar-refractivity contribution is -0.119. The van der Waals surface area contributed by atoms with Crippen molar-refractivity contribution in [1.82, 2.24) is 9.97 Å². The fraction of sp³-hybridized carbons (Fsp3) is 0.500. The summed E-state index contributed by atoms with van der Waals surface area (Å²) in [4.78, 5) is 21.6. The molecule has 4 nitrogen and oxygen atoms in total. The number of amides is 1. The summed E-state index contributed by atoms with van der Waals surface area (Å²) in [7, 11) is 1.73. The van der Waals surface area contributed by atoms with E-state index in [1.807, 2.05) is 6.92 Å². The zero-order valence-electron chi connectivity index (χ0n) is 8.70. The Balaban J connectivity index is 2.20. The summed E-state index contributed by atoms with van der Waals surface area (Å²) in [5.41, 5.74) is 0.843. The lowest BCUT2D eigenvalue weighted by Crippen LogP contribution is -2.29. The lowest BCUT2D eigenvalue weighted by atomic mass is 10.4.